The average Bonchev–Trinajstić information content (AvgIpc) is 3.73. The van der Waals surface area contributed by atoms with E-state index >= 15 is 0 Å². The number of amides is 2. The molecular weight excluding hydrogens is 516 g/mol. The van der Waals surface area contributed by atoms with Crippen LogP contribution in [-0.4, -0.2) is 35.4 Å². The molecule has 4 heterocycles. The van der Waals surface area contributed by atoms with E-state index in [-0.39, 0.29) is 11.8 Å². The predicted molar refractivity (Wildman–Crippen MR) is 158 cm³/mol. The molecule has 41 heavy (non-hydrogen) atoms. The molecule has 0 saturated carbocycles. The fourth-order valence-electron chi connectivity index (χ4n) is 5.45. The Hall–Kier alpha value is -5.24. The number of rotatable bonds is 5. The van der Waals surface area contributed by atoms with Crippen molar-refractivity contribution in [3.63, 3.8) is 0 Å². The molecule has 0 radical (unpaired) electrons. The van der Waals surface area contributed by atoms with E-state index < -0.39 is 0 Å². The maximum absolute atomic E-state index is 13.2. The van der Waals surface area contributed by atoms with Gasteiger partial charge in [0, 0.05) is 60.5 Å². The molecule has 1 N–H and O–H groups in total. The van der Waals surface area contributed by atoms with E-state index in [0.29, 0.717) is 58.0 Å². The van der Waals surface area contributed by atoms with Crippen molar-refractivity contribution in [1.82, 2.24) is 15.3 Å². The summed E-state index contributed by atoms with van der Waals surface area (Å²) in [6, 6.07) is 21.2. The van der Waals surface area contributed by atoms with Crippen molar-refractivity contribution in [3.8, 4) is 33.9 Å². The number of aromatic nitrogens is 2. The highest BCUT2D eigenvalue weighted by Gasteiger charge is 2.29. The van der Waals surface area contributed by atoms with Gasteiger partial charge in [-0.15, -0.1) is 0 Å². The number of aryl methyl sites for hydroxylation is 1. The van der Waals surface area contributed by atoms with Crippen LogP contribution in [0.3, 0.4) is 0 Å². The van der Waals surface area contributed by atoms with Gasteiger partial charge in [0.1, 0.15) is 16.9 Å². The lowest BCUT2D eigenvalue weighted by Crippen LogP contribution is -2.24. The van der Waals surface area contributed by atoms with Gasteiger partial charge in [-0.05, 0) is 37.6 Å². The number of pyridine rings is 1. The Labute approximate surface area is 235 Å². The molecule has 0 spiro atoms. The number of furan rings is 1. The van der Waals surface area contributed by atoms with Crippen LogP contribution in [0.4, 0.5) is 5.69 Å². The van der Waals surface area contributed by atoms with E-state index in [1.165, 1.54) is 0 Å². The van der Waals surface area contributed by atoms with Crippen LogP contribution in [0.15, 0.2) is 88.0 Å². The molecule has 1 fully saturated rings. The van der Waals surface area contributed by atoms with E-state index in [1.54, 1.807) is 24.3 Å². The van der Waals surface area contributed by atoms with Gasteiger partial charge >= 0.3 is 0 Å². The molecule has 3 aromatic heterocycles. The normalized spacial score (nSPS) is 13.4. The topological polar surface area (TPSA) is 101 Å². The molecule has 8 nitrogen and oxygen atoms in total. The molecule has 1 saturated heterocycles. The fourth-order valence-corrected chi connectivity index (χ4v) is 5.45. The van der Waals surface area contributed by atoms with Gasteiger partial charge in [-0.3, -0.25) is 14.6 Å². The van der Waals surface area contributed by atoms with Crippen molar-refractivity contribution in [2.75, 3.05) is 18.5 Å². The van der Waals surface area contributed by atoms with Gasteiger partial charge in [-0.25, -0.2) is 4.98 Å². The van der Waals surface area contributed by atoms with E-state index in [9.17, 15) is 9.59 Å². The van der Waals surface area contributed by atoms with Crippen LogP contribution < -0.4 is 10.2 Å². The molecule has 2 amide bonds. The van der Waals surface area contributed by atoms with Gasteiger partial charge in [-0.2, -0.15) is 0 Å². The summed E-state index contributed by atoms with van der Waals surface area (Å²) in [5.74, 6) is 0.726. The van der Waals surface area contributed by atoms with Gasteiger partial charge in [-0.1, -0.05) is 42.0 Å². The first-order chi connectivity index (χ1) is 20.0. The number of anilines is 1. The van der Waals surface area contributed by atoms with E-state index in [4.69, 9.17) is 8.83 Å². The second-order valence-electron chi connectivity index (χ2n) is 10.2. The lowest BCUT2D eigenvalue weighted by molar-refractivity contribution is -0.117. The average molecular weight is 543 g/mol. The molecule has 202 valence electrons. The summed E-state index contributed by atoms with van der Waals surface area (Å²) in [6.45, 7) is 2.61. The number of carbonyl (C=O) groups excluding carboxylic acids is 2. The molecule has 0 bridgehead atoms. The van der Waals surface area contributed by atoms with Crippen molar-refractivity contribution in [3.05, 3.63) is 90.3 Å². The molecule has 3 aromatic carbocycles. The molecule has 1 aliphatic rings. The number of para-hydroxylation sites is 2. The van der Waals surface area contributed by atoms with Crippen LogP contribution in [0.1, 0.15) is 28.8 Å². The first kappa shape index (κ1) is 24.8. The minimum absolute atomic E-state index is 0.0468. The Balaban J connectivity index is 1.45. The molecule has 0 aliphatic carbocycles. The number of nitrogens with one attached hydrogen (secondary N) is 1. The van der Waals surface area contributed by atoms with Crippen molar-refractivity contribution in [2.45, 2.75) is 19.8 Å². The summed E-state index contributed by atoms with van der Waals surface area (Å²) in [5.41, 5.74) is 7.27. The number of carbonyl (C=O) groups is 2. The van der Waals surface area contributed by atoms with Crippen molar-refractivity contribution >= 4 is 39.6 Å². The zero-order valence-corrected chi connectivity index (χ0v) is 22.6. The maximum atomic E-state index is 13.2. The monoisotopic (exact) mass is 542 g/mol. The van der Waals surface area contributed by atoms with Gasteiger partial charge < -0.3 is 19.1 Å². The zero-order chi connectivity index (χ0) is 28.1. The second kappa shape index (κ2) is 9.75. The first-order valence-corrected chi connectivity index (χ1v) is 13.5. The van der Waals surface area contributed by atoms with Crippen molar-refractivity contribution in [2.24, 2.45) is 0 Å². The Morgan fingerprint density at radius 3 is 2.49 bits per heavy atom. The minimum atomic E-state index is -0.256. The van der Waals surface area contributed by atoms with Crippen LogP contribution in [-0.2, 0) is 4.79 Å². The minimum Gasteiger partial charge on any atom is -0.455 e. The van der Waals surface area contributed by atoms with E-state index in [1.807, 2.05) is 73.7 Å². The zero-order valence-electron chi connectivity index (χ0n) is 22.6. The lowest BCUT2D eigenvalue weighted by atomic mass is 9.98. The third kappa shape index (κ3) is 4.24. The Morgan fingerprint density at radius 2 is 1.73 bits per heavy atom. The van der Waals surface area contributed by atoms with Crippen molar-refractivity contribution < 1.29 is 18.4 Å². The summed E-state index contributed by atoms with van der Waals surface area (Å²) in [4.78, 5) is 37.1. The van der Waals surface area contributed by atoms with Crippen LogP contribution >= 0.6 is 0 Å². The quantitative estimate of drug-likeness (QED) is 0.258. The summed E-state index contributed by atoms with van der Waals surface area (Å²) in [6.07, 6.45) is 4.71. The molecular formula is C33H26N4O4. The molecule has 0 unspecified atom stereocenters. The van der Waals surface area contributed by atoms with Gasteiger partial charge in [0.2, 0.25) is 11.8 Å². The fraction of sp³-hybridized carbons (Fsp3) is 0.152. The molecule has 0 atom stereocenters. The molecule has 7 rings (SSSR count). The number of hydrogen-bond donors (Lipinski definition) is 1. The lowest BCUT2D eigenvalue weighted by Gasteiger charge is -2.20. The van der Waals surface area contributed by atoms with Crippen molar-refractivity contribution in [1.29, 1.82) is 0 Å². The highest BCUT2D eigenvalue weighted by Crippen LogP contribution is 2.42. The smallest absolute Gasteiger partial charge is 0.255 e. The van der Waals surface area contributed by atoms with E-state index in [2.05, 4.69) is 15.3 Å². The third-order valence-corrected chi connectivity index (χ3v) is 7.53. The number of nitrogens with zero attached hydrogens (tertiary/aromatic N) is 3. The van der Waals surface area contributed by atoms with E-state index in [0.717, 1.165) is 34.2 Å². The summed E-state index contributed by atoms with van der Waals surface area (Å²) >= 11 is 0. The summed E-state index contributed by atoms with van der Waals surface area (Å²) < 4.78 is 12.4. The molecule has 8 heteroatoms. The summed E-state index contributed by atoms with van der Waals surface area (Å²) in [5, 5.41) is 3.41. The Morgan fingerprint density at radius 1 is 0.927 bits per heavy atom. The second-order valence-corrected chi connectivity index (χ2v) is 10.2. The highest BCUT2D eigenvalue weighted by atomic mass is 16.3. The van der Waals surface area contributed by atoms with Crippen LogP contribution in [0.5, 0.6) is 0 Å². The number of oxazole rings is 1. The van der Waals surface area contributed by atoms with Crippen LogP contribution in [0, 0.1) is 6.92 Å². The third-order valence-electron chi connectivity index (χ3n) is 7.53. The Kier molecular flexibility index (Phi) is 5.89. The largest absolute Gasteiger partial charge is 0.455 e. The number of fused-ring (bicyclic) bond motifs is 2. The molecule has 1 aliphatic heterocycles. The number of hydrogen-bond acceptors (Lipinski definition) is 6. The maximum Gasteiger partial charge on any atom is 0.255 e. The Bertz CT molecular complexity index is 1940. The van der Waals surface area contributed by atoms with Gasteiger partial charge in [0.15, 0.2) is 5.58 Å². The first-order valence-electron chi connectivity index (χ1n) is 13.5. The SMILES string of the molecule is CNC(=O)c1c(-c2ccc(C)cc2)oc2cc(N3CCCC3=O)c(-c3cncc(-c4nc5ccccc5o4)c3)cc12. The standard InChI is InChI=1S/C33H26N4O4/c1-19-9-11-20(12-10-19)31-30(32(39)34-2)24-15-23(26(16-28(24)40-31)37-13-5-8-29(37)38)21-14-22(18-35-17-21)33-36-25-6-3-4-7-27(25)41-33/h3-4,6-7,9-12,14-18H,5,8,13H2,1-2H3,(H,34,39). The molecule has 6 aromatic rings. The predicted octanol–water partition coefficient (Wildman–Crippen LogP) is 6.76. The van der Waals surface area contributed by atoms with Gasteiger partial charge in [0.25, 0.3) is 5.91 Å². The van der Waals surface area contributed by atoms with Crippen LogP contribution in [0.2, 0.25) is 0 Å². The number of benzene rings is 3. The van der Waals surface area contributed by atoms with Crippen LogP contribution in [0.25, 0.3) is 56.0 Å². The highest BCUT2D eigenvalue weighted by molar-refractivity contribution is 6.13. The van der Waals surface area contributed by atoms with Gasteiger partial charge in [0.05, 0.1) is 16.8 Å². The summed E-state index contributed by atoms with van der Waals surface area (Å²) in [7, 11) is 1.60.